The third-order valence-corrected chi connectivity index (χ3v) is 2.67. The van der Waals surface area contributed by atoms with E-state index in [4.69, 9.17) is 0 Å². The number of aromatic nitrogens is 2. The maximum absolute atomic E-state index is 11.8. The zero-order valence-electron chi connectivity index (χ0n) is 10.8. The molecule has 1 heterocycles. The molecule has 0 bridgehead atoms. The molecule has 0 aliphatic carbocycles. The quantitative estimate of drug-likeness (QED) is 0.852. The predicted octanol–water partition coefficient (Wildman–Crippen LogP) is 1.81. The lowest BCUT2D eigenvalue weighted by atomic mass is 10.1. The van der Waals surface area contributed by atoms with Crippen molar-refractivity contribution >= 4 is 22.9 Å². The van der Waals surface area contributed by atoms with Crippen LogP contribution in [0, 0.1) is 6.92 Å². The number of H-pyrrole nitrogens is 1. The predicted molar refractivity (Wildman–Crippen MR) is 72.8 cm³/mol. The van der Waals surface area contributed by atoms with Crippen molar-refractivity contribution in [2.24, 2.45) is 0 Å². The van der Waals surface area contributed by atoms with Gasteiger partial charge >= 0.3 is 5.97 Å². The number of nitrogens with zero attached hydrogens (tertiary/aromatic N) is 1. The van der Waals surface area contributed by atoms with Crippen molar-refractivity contribution < 1.29 is 9.53 Å². The molecule has 0 fully saturated rings. The SMILES string of the molecule is COC(=O)CC=Cc1ccc2nc(C)[nH]c(=O)c2c1. The van der Waals surface area contributed by atoms with Gasteiger partial charge in [0.05, 0.1) is 24.4 Å². The van der Waals surface area contributed by atoms with Gasteiger partial charge in [-0.2, -0.15) is 0 Å². The Bertz CT molecular complexity index is 701. The molecular formula is C14H14N2O3. The molecule has 5 heteroatoms. The number of rotatable bonds is 3. The fourth-order valence-electron chi connectivity index (χ4n) is 1.75. The van der Waals surface area contributed by atoms with Gasteiger partial charge in [0, 0.05) is 0 Å². The molecule has 5 nitrogen and oxygen atoms in total. The summed E-state index contributed by atoms with van der Waals surface area (Å²) in [4.78, 5) is 29.7. The molecule has 0 atom stereocenters. The van der Waals surface area contributed by atoms with Gasteiger partial charge in [0.15, 0.2) is 0 Å². The first kappa shape index (κ1) is 13.0. The molecule has 0 amide bonds. The summed E-state index contributed by atoms with van der Waals surface area (Å²) < 4.78 is 4.54. The van der Waals surface area contributed by atoms with Gasteiger partial charge in [-0.1, -0.05) is 18.2 Å². The molecule has 19 heavy (non-hydrogen) atoms. The second-order valence-corrected chi connectivity index (χ2v) is 4.11. The number of methoxy groups -OCH3 is 1. The molecule has 1 aromatic carbocycles. The van der Waals surface area contributed by atoms with E-state index < -0.39 is 0 Å². The monoisotopic (exact) mass is 258 g/mol. The Hall–Kier alpha value is -2.43. The van der Waals surface area contributed by atoms with Crippen molar-refractivity contribution in [2.45, 2.75) is 13.3 Å². The van der Waals surface area contributed by atoms with Gasteiger partial charge in [0.25, 0.3) is 5.56 Å². The van der Waals surface area contributed by atoms with Crippen molar-refractivity contribution in [3.8, 4) is 0 Å². The van der Waals surface area contributed by atoms with Crippen LogP contribution in [0.2, 0.25) is 0 Å². The summed E-state index contributed by atoms with van der Waals surface area (Å²) in [5.74, 6) is 0.290. The summed E-state index contributed by atoms with van der Waals surface area (Å²) in [5, 5.41) is 0.533. The van der Waals surface area contributed by atoms with E-state index in [0.717, 1.165) is 5.56 Å². The summed E-state index contributed by atoms with van der Waals surface area (Å²) in [6.07, 6.45) is 3.68. The van der Waals surface area contributed by atoms with Crippen LogP contribution >= 0.6 is 0 Å². The van der Waals surface area contributed by atoms with Crippen LogP contribution in [0.3, 0.4) is 0 Å². The van der Waals surface area contributed by atoms with Crippen molar-refractivity contribution in [1.82, 2.24) is 9.97 Å². The standard InChI is InChI=1S/C14H14N2O3/c1-9-15-12-7-6-10(4-3-5-13(17)19-2)8-11(12)14(18)16-9/h3-4,6-8H,5H2,1-2H3,(H,15,16,18). The lowest BCUT2D eigenvalue weighted by molar-refractivity contribution is -0.139. The molecule has 0 unspecified atom stereocenters. The zero-order valence-corrected chi connectivity index (χ0v) is 10.8. The van der Waals surface area contributed by atoms with Crippen molar-refractivity contribution in [2.75, 3.05) is 7.11 Å². The van der Waals surface area contributed by atoms with Crippen LogP contribution < -0.4 is 5.56 Å². The highest BCUT2D eigenvalue weighted by molar-refractivity contribution is 5.80. The van der Waals surface area contributed by atoms with E-state index in [9.17, 15) is 9.59 Å². The van der Waals surface area contributed by atoms with Crippen LogP contribution in [0.25, 0.3) is 17.0 Å². The van der Waals surface area contributed by atoms with E-state index in [-0.39, 0.29) is 17.9 Å². The molecule has 2 aromatic rings. The number of nitrogens with one attached hydrogen (secondary N) is 1. The second-order valence-electron chi connectivity index (χ2n) is 4.11. The Morgan fingerprint density at radius 2 is 2.26 bits per heavy atom. The van der Waals surface area contributed by atoms with Crippen LogP contribution in [-0.2, 0) is 9.53 Å². The van der Waals surface area contributed by atoms with Crippen LogP contribution in [0.15, 0.2) is 29.1 Å². The van der Waals surface area contributed by atoms with Crippen molar-refractivity contribution in [1.29, 1.82) is 0 Å². The fraction of sp³-hybridized carbons (Fsp3) is 0.214. The molecule has 2 rings (SSSR count). The number of aromatic amines is 1. The Balaban J connectivity index is 2.32. The number of hydrogen-bond donors (Lipinski definition) is 1. The largest absolute Gasteiger partial charge is 0.469 e. The maximum atomic E-state index is 11.8. The molecule has 98 valence electrons. The van der Waals surface area contributed by atoms with Gasteiger partial charge < -0.3 is 9.72 Å². The number of ether oxygens (including phenoxy) is 1. The number of hydrogen-bond acceptors (Lipinski definition) is 4. The molecular weight excluding hydrogens is 244 g/mol. The summed E-state index contributed by atoms with van der Waals surface area (Å²) in [6, 6.07) is 5.38. The summed E-state index contributed by atoms with van der Waals surface area (Å²) in [6.45, 7) is 1.74. The fourth-order valence-corrected chi connectivity index (χ4v) is 1.75. The average molecular weight is 258 g/mol. The Morgan fingerprint density at radius 1 is 1.47 bits per heavy atom. The highest BCUT2D eigenvalue weighted by Gasteiger charge is 2.02. The van der Waals surface area contributed by atoms with Crippen molar-refractivity contribution in [3.63, 3.8) is 0 Å². The first-order chi connectivity index (χ1) is 9.10. The lowest BCUT2D eigenvalue weighted by Crippen LogP contribution is -2.09. The minimum Gasteiger partial charge on any atom is -0.469 e. The third-order valence-electron chi connectivity index (χ3n) is 2.67. The van der Waals surface area contributed by atoms with E-state index in [0.29, 0.717) is 16.7 Å². The van der Waals surface area contributed by atoms with Crippen molar-refractivity contribution in [3.05, 3.63) is 46.0 Å². The first-order valence-corrected chi connectivity index (χ1v) is 5.84. The number of carbonyl (C=O) groups excluding carboxylic acids is 1. The minimum absolute atomic E-state index is 0.161. The number of benzene rings is 1. The van der Waals surface area contributed by atoms with E-state index in [1.807, 2.05) is 6.07 Å². The Kier molecular flexibility index (Phi) is 3.75. The summed E-state index contributed by atoms with van der Waals surface area (Å²) in [7, 11) is 1.35. The first-order valence-electron chi connectivity index (χ1n) is 5.84. The topological polar surface area (TPSA) is 72.0 Å². The second kappa shape index (κ2) is 5.48. The van der Waals surface area contributed by atoms with Gasteiger partial charge in [0.2, 0.25) is 0 Å². The molecule has 0 saturated heterocycles. The van der Waals surface area contributed by atoms with Gasteiger partial charge in [-0.25, -0.2) is 4.98 Å². The van der Waals surface area contributed by atoms with Crippen LogP contribution in [0.1, 0.15) is 17.8 Å². The van der Waals surface area contributed by atoms with E-state index in [2.05, 4.69) is 14.7 Å². The Morgan fingerprint density at radius 3 is 3.00 bits per heavy atom. The van der Waals surface area contributed by atoms with Crippen LogP contribution in [0.5, 0.6) is 0 Å². The van der Waals surface area contributed by atoms with E-state index in [1.54, 1.807) is 31.2 Å². The minimum atomic E-state index is -0.299. The maximum Gasteiger partial charge on any atom is 0.309 e. The molecule has 0 spiro atoms. The zero-order chi connectivity index (χ0) is 13.8. The molecule has 0 aliphatic rings. The number of esters is 1. The lowest BCUT2D eigenvalue weighted by Gasteiger charge is -2.00. The average Bonchev–Trinajstić information content (AvgIpc) is 2.39. The summed E-state index contributed by atoms with van der Waals surface area (Å²) in [5.41, 5.74) is 1.34. The molecule has 0 saturated carbocycles. The smallest absolute Gasteiger partial charge is 0.309 e. The molecule has 0 aliphatic heterocycles. The normalized spacial score (nSPS) is 11.1. The van der Waals surface area contributed by atoms with Gasteiger partial charge in [0.1, 0.15) is 5.82 Å². The van der Waals surface area contributed by atoms with Gasteiger partial charge in [-0.05, 0) is 24.6 Å². The highest BCUT2D eigenvalue weighted by atomic mass is 16.5. The van der Waals surface area contributed by atoms with E-state index in [1.165, 1.54) is 7.11 Å². The van der Waals surface area contributed by atoms with E-state index >= 15 is 0 Å². The van der Waals surface area contributed by atoms with Crippen LogP contribution in [-0.4, -0.2) is 23.0 Å². The third kappa shape index (κ3) is 3.07. The number of carbonyl (C=O) groups is 1. The Labute approximate surface area is 109 Å². The summed E-state index contributed by atoms with van der Waals surface area (Å²) >= 11 is 0. The highest BCUT2D eigenvalue weighted by Crippen LogP contribution is 2.12. The number of aryl methyl sites for hydroxylation is 1. The van der Waals surface area contributed by atoms with Gasteiger partial charge in [-0.15, -0.1) is 0 Å². The molecule has 0 radical (unpaired) electrons. The van der Waals surface area contributed by atoms with Crippen LogP contribution in [0.4, 0.5) is 0 Å². The van der Waals surface area contributed by atoms with Gasteiger partial charge in [-0.3, -0.25) is 9.59 Å². The molecule has 1 N–H and O–H groups in total. The number of fused-ring (bicyclic) bond motifs is 1. The molecule has 1 aromatic heterocycles.